The van der Waals surface area contributed by atoms with E-state index in [9.17, 15) is 9.90 Å². The van der Waals surface area contributed by atoms with Crippen LogP contribution in [0.4, 0.5) is 4.79 Å². The SMILES string of the molecule is CCC1=NC(=O)NC(c2ccc(O)c(Cl)c2)C1c1ncc(C2CCCCC2)o1. The van der Waals surface area contributed by atoms with Crippen molar-refractivity contribution in [2.45, 2.75) is 63.3 Å². The number of hydrogen-bond acceptors (Lipinski definition) is 4. The van der Waals surface area contributed by atoms with E-state index in [0.717, 1.165) is 29.9 Å². The predicted octanol–water partition coefficient (Wildman–Crippen LogP) is 5.48. The molecule has 4 rings (SSSR count). The molecule has 0 saturated heterocycles. The summed E-state index contributed by atoms with van der Waals surface area (Å²) < 4.78 is 6.21. The van der Waals surface area contributed by atoms with Crippen molar-refractivity contribution in [3.63, 3.8) is 0 Å². The molecule has 1 aliphatic heterocycles. The second-order valence-electron chi connectivity index (χ2n) is 7.51. The summed E-state index contributed by atoms with van der Waals surface area (Å²) in [6, 6.07) is 4.15. The van der Waals surface area contributed by atoms with E-state index in [1.165, 1.54) is 25.3 Å². The molecule has 1 aromatic carbocycles. The normalized spacial score (nSPS) is 23.4. The van der Waals surface area contributed by atoms with E-state index >= 15 is 0 Å². The molecule has 28 heavy (non-hydrogen) atoms. The third kappa shape index (κ3) is 3.65. The van der Waals surface area contributed by atoms with E-state index in [4.69, 9.17) is 16.0 Å². The Labute approximate surface area is 169 Å². The average Bonchev–Trinajstić information content (AvgIpc) is 3.19. The number of carbonyl (C=O) groups excluding carboxylic acids is 1. The van der Waals surface area contributed by atoms with Crippen LogP contribution >= 0.6 is 11.6 Å². The van der Waals surface area contributed by atoms with Crippen LogP contribution in [0.25, 0.3) is 0 Å². The van der Waals surface area contributed by atoms with E-state index in [0.29, 0.717) is 18.2 Å². The highest BCUT2D eigenvalue weighted by atomic mass is 35.5. The number of phenolic OH excluding ortho intramolecular Hbond substituents is 1. The highest BCUT2D eigenvalue weighted by molar-refractivity contribution is 6.32. The van der Waals surface area contributed by atoms with Gasteiger partial charge in [0.2, 0.25) is 5.89 Å². The molecule has 1 fully saturated rings. The zero-order valence-corrected chi connectivity index (χ0v) is 16.6. The minimum Gasteiger partial charge on any atom is -0.506 e. The first-order valence-electron chi connectivity index (χ1n) is 9.88. The Morgan fingerprint density at radius 1 is 1.29 bits per heavy atom. The van der Waals surface area contributed by atoms with Crippen molar-refractivity contribution in [3.8, 4) is 5.75 Å². The lowest BCUT2D eigenvalue weighted by Crippen LogP contribution is -2.39. The third-order valence-electron chi connectivity index (χ3n) is 5.72. The van der Waals surface area contributed by atoms with Crippen molar-refractivity contribution in [3.05, 3.63) is 46.6 Å². The minimum atomic E-state index is -0.407. The number of hydrogen-bond donors (Lipinski definition) is 2. The average molecular weight is 402 g/mol. The van der Waals surface area contributed by atoms with Crippen LogP contribution in [0.1, 0.15) is 80.5 Å². The minimum absolute atomic E-state index is 0.00388. The maximum absolute atomic E-state index is 12.2. The van der Waals surface area contributed by atoms with E-state index in [2.05, 4.69) is 15.3 Å². The summed E-state index contributed by atoms with van der Waals surface area (Å²) in [6.45, 7) is 1.97. The van der Waals surface area contributed by atoms with Crippen molar-refractivity contribution in [2.24, 2.45) is 4.99 Å². The Morgan fingerprint density at radius 2 is 2.07 bits per heavy atom. The predicted molar refractivity (Wildman–Crippen MR) is 107 cm³/mol. The number of carbonyl (C=O) groups is 1. The van der Waals surface area contributed by atoms with Crippen LogP contribution in [0.15, 0.2) is 33.8 Å². The Hall–Kier alpha value is -2.34. The molecule has 2 amide bonds. The van der Waals surface area contributed by atoms with Crippen molar-refractivity contribution in [1.29, 1.82) is 0 Å². The number of aromatic nitrogens is 1. The Balaban J connectivity index is 1.71. The number of benzene rings is 1. The summed E-state index contributed by atoms with van der Waals surface area (Å²) in [4.78, 5) is 20.9. The van der Waals surface area contributed by atoms with Gasteiger partial charge in [-0.2, -0.15) is 0 Å². The molecule has 2 aromatic rings. The maximum atomic E-state index is 12.2. The van der Waals surface area contributed by atoms with Crippen LogP contribution in [-0.4, -0.2) is 21.8 Å². The molecule has 2 heterocycles. The van der Waals surface area contributed by atoms with Gasteiger partial charge in [0.25, 0.3) is 0 Å². The molecule has 6 nitrogen and oxygen atoms in total. The zero-order chi connectivity index (χ0) is 19.7. The number of urea groups is 1. The van der Waals surface area contributed by atoms with Crippen LogP contribution in [0, 0.1) is 0 Å². The molecule has 1 aliphatic carbocycles. The summed E-state index contributed by atoms with van der Waals surface area (Å²) >= 11 is 6.11. The molecule has 2 N–H and O–H groups in total. The van der Waals surface area contributed by atoms with Gasteiger partial charge in [-0.05, 0) is 37.0 Å². The molecular weight excluding hydrogens is 378 g/mol. The zero-order valence-electron chi connectivity index (χ0n) is 15.8. The fourth-order valence-electron chi connectivity index (χ4n) is 4.24. The Bertz CT molecular complexity index is 902. The quantitative estimate of drug-likeness (QED) is 0.709. The number of aromatic hydroxyl groups is 1. The first-order valence-corrected chi connectivity index (χ1v) is 10.3. The lowest BCUT2D eigenvalue weighted by Gasteiger charge is -2.30. The summed E-state index contributed by atoms with van der Waals surface area (Å²) in [6.07, 6.45) is 8.41. The van der Waals surface area contributed by atoms with Gasteiger partial charge in [0.1, 0.15) is 11.5 Å². The van der Waals surface area contributed by atoms with E-state index in [1.807, 2.05) is 13.1 Å². The highest BCUT2D eigenvalue weighted by Crippen LogP contribution is 2.40. The lowest BCUT2D eigenvalue weighted by molar-refractivity contribution is 0.241. The first kappa shape index (κ1) is 19.0. The number of nitrogens with one attached hydrogen (secondary N) is 1. The second-order valence-corrected chi connectivity index (χ2v) is 7.92. The fraction of sp³-hybridized carbons (Fsp3) is 0.476. The smallest absolute Gasteiger partial charge is 0.341 e. The molecule has 1 aromatic heterocycles. The number of nitrogens with zero attached hydrogens (tertiary/aromatic N) is 2. The topological polar surface area (TPSA) is 87.7 Å². The Morgan fingerprint density at radius 3 is 2.79 bits per heavy atom. The van der Waals surface area contributed by atoms with Crippen LogP contribution < -0.4 is 5.32 Å². The van der Waals surface area contributed by atoms with Crippen molar-refractivity contribution in [1.82, 2.24) is 10.3 Å². The maximum Gasteiger partial charge on any atom is 0.341 e. The summed E-state index contributed by atoms with van der Waals surface area (Å²) in [5, 5.41) is 12.9. The molecular formula is C21H24ClN3O3. The summed E-state index contributed by atoms with van der Waals surface area (Å²) in [5.41, 5.74) is 1.51. The highest BCUT2D eigenvalue weighted by Gasteiger charge is 2.38. The molecule has 0 radical (unpaired) electrons. The van der Waals surface area contributed by atoms with Crippen molar-refractivity contribution in [2.75, 3.05) is 0 Å². The molecule has 7 heteroatoms. The van der Waals surface area contributed by atoms with Gasteiger partial charge < -0.3 is 14.8 Å². The monoisotopic (exact) mass is 401 g/mol. The van der Waals surface area contributed by atoms with Gasteiger partial charge in [-0.15, -0.1) is 0 Å². The standard InChI is InChI=1S/C21H24ClN3O3/c1-2-15-18(20-23-11-17(28-20)12-6-4-3-5-7-12)19(25-21(27)24-15)13-8-9-16(26)14(22)10-13/h8-12,18-19,26H,2-7H2,1H3,(H,25,27). The largest absolute Gasteiger partial charge is 0.506 e. The third-order valence-corrected chi connectivity index (χ3v) is 6.03. The van der Waals surface area contributed by atoms with Gasteiger partial charge in [0.05, 0.1) is 23.2 Å². The number of phenols is 1. The van der Waals surface area contributed by atoms with Gasteiger partial charge in [0, 0.05) is 11.6 Å². The molecule has 148 valence electrons. The van der Waals surface area contributed by atoms with Gasteiger partial charge >= 0.3 is 6.03 Å². The number of oxazole rings is 1. The van der Waals surface area contributed by atoms with E-state index in [-0.39, 0.29) is 22.7 Å². The first-order chi connectivity index (χ1) is 13.6. The molecule has 2 atom stereocenters. The van der Waals surface area contributed by atoms with Crippen LogP contribution in [-0.2, 0) is 0 Å². The number of rotatable bonds is 4. The van der Waals surface area contributed by atoms with E-state index < -0.39 is 6.04 Å². The number of aliphatic imine (C=N–C) groups is 1. The van der Waals surface area contributed by atoms with Crippen LogP contribution in [0.3, 0.4) is 0 Å². The van der Waals surface area contributed by atoms with Crippen molar-refractivity contribution < 1.29 is 14.3 Å². The molecule has 1 saturated carbocycles. The molecule has 0 spiro atoms. The lowest BCUT2D eigenvalue weighted by atomic mass is 9.86. The Kier molecular flexibility index (Phi) is 5.40. The molecule has 0 bridgehead atoms. The number of amides is 2. The second kappa shape index (κ2) is 7.95. The van der Waals surface area contributed by atoms with Crippen LogP contribution in [0.5, 0.6) is 5.75 Å². The fourth-order valence-corrected chi connectivity index (χ4v) is 4.43. The summed E-state index contributed by atoms with van der Waals surface area (Å²) in [5.74, 6) is 1.60. The van der Waals surface area contributed by atoms with Gasteiger partial charge in [-0.1, -0.05) is 43.9 Å². The van der Waals surface area contributed by atoms with Crippen molar-refractivity contribution >= 4 is 23.3 Å². The van der Waals surface area contributed by atoms with Gasteiger partial charge in [0.15, 0.2) is 0 Å². The van der Waals surface area contributed by atoms with E-state index in [1.54, 1.807) is 12.1 Å². The summed E-state index contributed by atoms with van der Waals surface area (Å²) in [7, 11) is 0. The number of halogens is 1. The van der Waals surface area contributed by atoms with Gasteiger partial charge in [-0.25, -0.2) is 14.8 Å². The van der Waals surface area contributed by atoms with Crippen LogP contribution in [0.2, 0.25) is 5.02 Å². The molecule has 2 unspecified atom stereocenters. The van der Waals surface area contributed by atoms with Gasteiger partial charge in [-0.3, -0.25) is 0 Å². The molecule has 2 aliphatic rings.